The number of nitrogens with two attached hydrogens (primary N) is 1. The fourth-order valence-corrected chi connectivity index (χ4v) is 2.04. The number of ether oxygens (including phenoxy) is 1. The number of hydrogen-bond donors (Lipinski definition) is 1. The first kappa shape index (κ1) is 15.0. The monoisotopic (exact) mass is 269 g/mol. The lowest BCUT2D eigenvalue weighted by atomic mass is 9.99. The van der Waals surface area contributed by atoms with E-state index in [0.29, 0.717) is 19.4 Å². The van der Waals surface area contributed by atoms with Crippen molar-refractivity contribution in [1.82, 2.24) is 0 Å². The van der Waals surface area contributed by atoms with E-state index in [1.807, 2.05) is 25.1 Å². The van der Waals surface area contributed by atoms with Gasteiger partial charge in [0.05, 0.1) is 6.61 Å². The highest BCUT2D eigenvalue weighted by Gasteiger charge is 2.10. The number of rotatable bonds is 6. The third-order valence-corrected chi connectivity index (χ3v) is 3.05. The summed E-state index contributed by atoms with van der Waals surface area (Å²) in [5.41, 5.74) is 8.33. The van der Waals surface area contributed by atoms with Crippen molar-refractivity contribution in [2.75, 3.05) is 6.61 Å². The molecule has 0 saturated heterocycles. The van der Waals surface area contributed by atoms with Crippen LogP contribution in [0, 0.1) is 6.92 Å². The molecule has 1 unspecified atom stereocenters. The van der Waals surface area contributed by atoms with Crippen LogP contribution in [0.4, 0.5) is 0 Å². The maximum Gasteiger partial charge on any atom is 0.305 e. The van der Waals surface area contributed by atoms with Crippen molar-refractivity contribution in [2.24, 2.45) is 5.73 Å². The molecule has 0 aliphatic rings. The predicted octanol–water partition coefficient (Wildman–Crippen LogP) is 2.86. The average molecular weight is 270 g/mol. The molecular formula is C14H20ClNO2. The molecule has 0 heterocycles. The van der Waals surface area contributed by atoms with Gasteiger partial charge in [-0.2, -0.15) is 0 Å². The van der Waals surface area contributed by atoms with Crippen molar-refractivity contribution in [3.8, 4) is 0 Å². The van der Waals surface area contributed by atoms with Gasteiger partial charge in [0.1, 0.15) is 0 Å². The molecule has 0 aromatic heterocycles. The smallest absolute Gasteiger partial charge is 0.305 e. The molecule has 0 aliphatic carbocycles. The van der Waals surface area contributed by atoms with E-state index in [9.17, 15) is 4.79 Å². The van der Waals surface area contributed by atoms with Crippen molar-refractivity contribution < 1.29 is 9.53 Å². The summed E-state index contributed by atoms with van der Waals surface area (Å²) in [6.07, 6.45) is 1.77. The van der Waals surface area contributed by atoms with Crippen molar-refractivity contribution in [1.29, 1.82) is 0 Å². The third kappa shape index (κ3) is 5.07. The molecule has 1 atom stereocenters. The second kappa shape index (κ2) is 7.39. The van der Waals surface area contributed by atoms with Crippen LogP contribution in [0.15, 0.2) is 18.2 Å². The van der Waals surface area contributed by atoms with Crippen LogP contribution in [-0.2, 0) is 16.0 Å². The van der Waals surface area contributed by atoms with Gasteiger partial charge in [0.25, 0.3) is 0 Å². The molecule has 1 rings (SSSR count). The second-order valence-corrected chi connectivity index (χ2v) is 4.82. The third-order valence-electron chi connectivity index (χ3n) is 2.81. The van der Waals surface area contributed by atoms with Crippen LogP contribution in [0.2, 0.25) is 5.02 Å². The Morgan fingerprint density at radius 2 is 2.22 bits per heavy atom. The summed E-state index contributed by atoms with van der Waals surface area (Å²) in [5, 5.41) is 0.733. The van der Waals surface area contributed by atoms with Crippen LogP contribution in [-0.4, -0.2) is 18.6 Å². The summed E-state index contributed by atoms with van der Waals surface area (Å²) in [6, 6.07) is 5.74. The van der Waals surface area contributed by atoms with Gasteiger partial charge in [-0.3, -0.25) is 4.79 Å². The van der Waals surface area contributed by atoms with E-state index in [2.05, 4.69) is 0 Å². The molecule has 0 saturated carbocycles. The first-order valence-corrected chi connectivity index (χ1v) is 6.57. The van der Waals surface area contributed by atoms with E-state index in [4.69, 9.17) is 22.1 Å². The van der Waals surface area contributed by atoms with Crippen molar-refractivity contribution in [3.63, 3.8) is 0 Å². The molecule has 2 N–H and O–H groups in total. The van der Waals surface area contributed by atoms with Gasteiger partial charge in [-0.05, 0) is 49.9 Å². The van der Waals surface area contributed by atoms with E-state index in [1.165, 1.54) is 5.56 Å². The largest absolute Gasteiger partial charge is 0.466 e. The van der Waals surface area contributed by atoms with Crippen LogP contribution in [0.5, 0.6) is 0 Å². The molecule has 18 heavy (non-hydrogen) atoms. The standard InChI is InChI=1S/C14H20ClNO2/c1-3-18-14(17)7-6-13(16)9-11-4-5-12(15)8-10(11)2/h4-5,8,13H,3,6-7,9,16H2,1-2H3. The zero-order chi connectivity index (χ0) is 13.5. The van der Waals surface area contributed by atoms with Crippen LogP contribution in [0.25, 0.3) is 0 Å². The minimum absolute atomic E-state index is 0.0331. The zero-order valence-electron chi connectivity index (χ0n) is 10.9. The fourth-order valence-electron chi connectivity index (χ4n) is 1.81. The normalized spacial score (nSPS) is 12.2. The highest BCUT2D eigenvalue weighted by Crippen LogP contribution is 2.17. The Kier molecular flexibility index (Phi) is 6.16. The Balaban J connectivity index is 2.44. The van der Waals surface area contributed by atoms with E-state index < -0.39 is 0 Å². The number of aryl methyl sites for hydroxylation is 1. The van der Waals surface area contributed by atoms with Crippen LogP contribution in [0.3, 0.4) is 0 Å². The summed E-state index contributed by atoms with van der Waals surface area (Å²) in [7, 11) is 0. The Morgan fingerprint density at radius 3 is 2.83 bits per heavy atom. The number of esters is 1. The van der Waals surface area contributed by atoms with Crippen LogP contribution < -0.4 is 5.73 Å². The number of carbonyl (C=O) groups is 1. The molecule has 1 aromatic carbocycles. The van der Waals surface area contributed by atoms with Gasteiger partial charge in [-0.25, -0.2) is 0 Å². The molecule has 100 valence electrons. The van der Waals surface area contributed by atoms with Crippen LogP contribution in [0.1, 0.15) is 30.9 Å². The van der Waals surface area contributed by atoms with Crippen molar-refractivity contribution in [3.05, 3.63) is 34.3 Å². The minimum atomic E-state index is -0.180. The predicted molar refractivity (Wildman–Crippen MR) is 73.7 cm³/mol. The summed E-state index contributed by atoms with van der Waals surface area (Å²) in [4.78, 5) is 11.2. The molecule has 3 nitrogen and oxygen atoms in total. The minimum Gasteiger partial charge on any atom is -0.466 e. The van der Waals surface area contributed by atoms with Crippen molar-refractivity contribution >= 4 is 17.6 Å². The van der Waals surface area contributed by atoms with E-state index >= 15 is 0 Å². The number of hydrogen-bond acceptors (Lipinski definition) is 3. The lowest BCUT2D eigenvalue weighted by Gasteiger charge is -2.13. The molecule has 4 heteroatoms. The molecule has 1 aromatic rings. The molecule has 0 fully saturated rings. The van der Waals surface area contributed by atoms with Gasteiger partial charge in [0, 0.05) is 17.5 Å². The average Bonchev–Trinajstić information content (AvgIpc) is 2.31. The number of halogens is 1. The van der Waals surface area contributed by atoms with Gasteiger partial charge < -0.3 is 10.5 Å². The summed E-state index contributed by atoms with van der Waals surface area (Å²) >= 11 is 5.90. The molecule has 0 radical (unpaired) electrons. The first-order valence-electron chi connectivity index (χ1n) is 6.19. The topological polar surface area (TPSA) is 52.3 Å². The van der Waals surface area contributed by atoms with Gasteiger partial charge >= 0.3 is 5.97 Å². The lowest BCUT2D eigenvalue weighted by molar-refractivity contribution is -0.143. The van der Waals surface area contributed by atoms with Gasteiger partial charge in [0.15, 0.2) is 0 Å². The van der Waals surface area contributed by atoms with E-state index in [-0.39, 0.29) is 12.0 Å². The highest BCUT2D eigenvalue weighted by atomic mass is 35.5. The lowest BCUT2D eigenvalue weighted by Crippen LogP contribution is -2.24. The SMILES string of the molecule is CCOC(=O)CCC(N)Cc1ccc(Cl)cc1C. The summed E-state index contributed by atoms with van der Waals surface area (Å²) < 4.78 is 4.87. The summed E-state index contributed by atoms with van der Waals surface area (Å²) in [5.74, 6) is -0.180. The molecule has 0 amide bonds. The zero-order valence-corrected chi connectivity index (χ0v) is 11.7. The van der Waals surface area contributed by atoms with E-state index in [1.54, 1.807) is 6.92 Å². The Labute approximate surface area is 113 Å². The van der Waals surface area contributed by atoms with Gasteiger partial charge in [-0.1, -0.05) is 17.7 Å². The molecule has 0 aliphatic heterocycles. The first-order chi connectivity index (χ1) is 8.52. The Morgan fingerprint density at radius 1 is 1.50 bits per heavy atom. The van der Waals surface area contributed by atoms with Crippen molar-refractivity contribution in [2.45, 2.75) is 39.2 Å². The molecular weight excluding hydrogens is 250 g/mol. The van der Waals surface area contributed by atoms with Crippen LogP contribution >= 0.6 is 11.6 Å². The Hall–Kier alpha value is -1.06. The summed E-state index contributed by atoms with van der Waals surface area (Å²) in [6.45, 7) is 4.23. The molecule has 0 spiro atoms. The van der Waals surface area contributed by atoms with Gasteiger partial charge in [0.2, 0.25) is 0 Å². The quantitative estimate of drug-likeness (QED) is 0.808. The number of benzene rings is 1. The fraction of sp³-hybridized carbons (Fsp3) is 0.500. The highest BCUT2D eigenvalue weighted by molar-refractivity contribution is 6.30. The van der Waals surface area contributed by atoms with E-state index in [0.717, 1.165) is 17.0 Å². The Bertz CT molecular complexity index is 407. The number of carbonyl (C=O) groups excluding carboxylic acids is 1. The maximum atomic E-state index is 11.2. The van der Waals surface area contributed by atoms with Gasteiger partial charge in [-0.15, -0.1) is 0 Å². The molecule has 0 bridgehead atoms. The maximum absolute atomic E-state index is 11.2. The second-order valence-electron chi connectivity index (χ2n) is 4.38.